The molecule has 0 aliphatic heterocycles. The van der Waals surface area contributed by atoms with Crippen LogP contribution < -0.4 is 10.2 Å². The van der Waals surface area contributed by atoms with E-state index in [1.807, 2.05) is 0 Å². The molecule has 9 nitrogen and oxygen atoms in total. The fraction of sp³-hybridized carbons (Fsp3) is 0.0556. The highest BCUT2D eigenvalue weighted by atomic mass is 79.9. The van der Waals surface area contributed by atoms with Crippen molar-refractivity contribution in [2.24, 2.45) is 5.10 Å². The maximum Gasteiger partial charge on any atom is 0.273 e. The summed E-state index contributed by atoms with van der Waals surface area (Å²) in [5, 5.41) is 14.7. The number of halogens is 1. The summed E-state index contributed by atoms with van der Waals surface area (Å²) in [6, 6.07) is 9.15. The number of methoxy groups -OCH3 is 1. The molecule has 0 spiro atoms. The number of nitrogens with zero attached hydrogens (tertiary/aromatic N) is 3. The fourth-order valence-corrected chi connectivity index (χ4v) is 2.68. The Hall–Kier alpha value is -3.53. The first-order chi connectivity index (χ1) is 13.5. The molecular formula is C18H13BrN4O5. The van der Waals surface area contributed by atoms with Crippen molar-refractivity contribution in [2.75, 3.05) is 7.11 Å². The molecule has 1 aromatic carbocycles. The molecule has 0 aliphatic rings. The minimum Gasteiger partial charge on any atom is -0.496 e. The van der Waals surface area contributed by atoms with Crippen LogP contribution in [0.1, 0.15) is 16.1 Å². The van der Waals surface area contributed by atoms with E-state index in [-0.39, 0.29) is 5.69 Å². The molecule has 28 heavy (non-hydrogen) atoms. The molecule has 1 amide bonds. The standard InChI is InChI=1S/C18H13BrN4O5/c1-27-17-7-13(23(25)26)2-4-15(17)16-5-3-14(28-16)10-21-22-18(24)11-6-12(19)9-20-8-11/h2-10H,1H3,(H,22,24)/b21-10+. The van der Waals surface area contributed by atoms with Gasteiger partial charge < -0.3 is 9.15 Å². The van der Waals surface area contributed by atoms with Gasteiger partial charge in [0.1, 0.15) is 17.3 Å². The zero-order valence-electron chi connectivity index (χ0n) is 14.5. The Labute approximate surface area is 167 Å². The number of carbonyl (C=O) groups excluding carboxylic acids is 1. The summed E-state index contributed by atoms with van der Waals surface area (Å²) in [6.45, 7) is 0. The van der Waals surface area contributed by atoms with Crippen LogP contribution in [-0.2, 0) is 0 Å². The van der Waals surface area contributed by atoms with Crippen molar-refractivity contribution in [1.82, 2.24) is 10.4 Å². The predicted molar refractivity (Wildman–Crippen MR) is 104 cm³/mol. The Balaban J connectivity index is 1.73. The van der Waals surface area contributed by atoms with Crippen molar-refractivity contribution in [3.63, 3.8) is 0 Å². The van der Waals surface area contributed by atoms with Crippen LogP contribution in [-0.4, -0.2) is 29.1 Å². The molecule has 1 N–H and O–H groups in total. The zero-order chi connectivity index (χ0) is 20.1. The minimum absolute atomic E-state index is 0.0845. The highest BCUT2D eigenvalue weighted by Crippen LogP contribution is 2.33. The second-order valence-corrected chi connectivity index (χ2v) is 6.35. The molecule has 0 saturated carbocycles. The number of nitro benzene ring substituents is 1. The number of hydrogen-bond donors (Lipinski definition) is 1. The number of carbonyl (C=O) groups is 1. The van der Waals surface area contributed by atoms with Crippen LogP contribution in [0.4, 0.5) is 5.69 Å². The van der Waals surface area contributed by atoms with Gasteiger partial charge in [-0.05, 0) is 40.2 Å². The lowest BCUT2D eigenvalue weighted by Crippen LogP contribution is -2.17. The first-order valence-corrected chi connectivity index (χ1v) is 8.64. The quantitative estimate of drug-likeness (QED) is 0.350. The summed E-state index contributed by atoms with van der Waals surface area (Å²) in [5.74, 6) is 0.704. The number of hydrogen-bond acceptors (Lipinski definition) is 7. The van der Waals surface area contributed by atoms with Gasteiger partial charge in [-0.25, -0.2) is 5.43 Å². The third kappa shape index (κ3) is 4.41. The van der Waals surface area contributed by atoms with Gasteiger partial charge in [-0.3, -0.25) is 19.9 Å². The van der Waals surface area contributed by atoms with E-state index in [0.29, 0.717) is 32.9 Å². The van der Waals surface area contributed by atoms with Crippen LogP contribution in [0, 0.1) is 10.1 Å². The first kappa shape index (κ1) is 19.2. The summed E-state index contributed by atoms with van der Waals surface area (Å²) in [7, 11) is 1.42. The second kappa shape index (κ2) is 8.44. The van der Waals surface area contributed by atoms with Crippen LogP contribution >= 0.6 is 15.9 Å². The molecule has 0 atom stereocenters. The molecular weight excluding hydrogens is 432 g/mol. The van der Waals surface area contributed by atoms with Gasteiger partial charge in [0, 0.05) is 22.9 Å². The van der Waals surface area contributed by atoms with Crippen LogP contribution in [0.3, 0.4) is 0 Å². The smallest absolute Gasteiger partial charge is 0.273 e. The van der Waals surface area contributed by atoms with Crippen molar-refractivity contribution in [3.05, 3.63) is 74.7 Å². The number of pyridine rings is 1. The lowest BCUT2D eigenvalue weighted by atomic mass is 10.1. The molecule has 0 bridgehead atoms. The SMILES string of the molecule is COc1cc([N+](=O)[O-])ccc1-c1ccc(/C=N/NC(=O)c2cncc(Br)c2)o1. The average Bonchev–Trinajstić information content (AvgIpc) is 3.16. The van der Waals surface area contributed by atoms with Gasteiger partial charge in [0.25, 0.3) is 11.6 Å². The highest BCUT2D eigenvalue weighted by Gasteiger charge is 2.15. The summed E-state index contributed by atoms with van der Waals surface area (Å²) >= 11 is 3.24. The van der Waals surface area contributed by atoms with Gasteiger partial charge >= 0.3 is 0 Å². The van der Waals surface area contributed by atoms with Gasteiger partial charge in [-0.1, -0.05) is 0 Å². The van der Waals surface area contributed by atoms with Gasteiger partial charge in [0.2, 0.25) is 0 Å². The lowest BCUT2D eigenvalue weighted by Gasteiger charge is -2.05. The van der Waals surface area contributed by atoms with E-state index in [2.05, 4.69) is 31.4 Å². The molecule has 0 saturated heterocycles. The Morgan fingerprint density at radius 1 is 1.32 bits per heavy atom. The molecule has 3 rings (SSSR count). The summed E-state index contributed by atoms with van der Waals surface area (Å²) < 4.78 is 11.5. The molecule has 3 aromatic rings. The Bertz CT molecular complexity index is 1060. The zero-order valence-corrected chi connectivity index (χ0v) is 16.0. The predicted octanol–water partition coefficient (Wildman–Crippen LogP) is 3.78. The summed E-state index contributed by atoms with van der Waals surface area (Å²) in [4.78, 5) is 26.3. The number of rotatable bonds is 6. The number of ether oxygens (including phenoxy) is 1. The number of nitrogens with one attached hydrogen (secondary N) is 1. The van der Waals surface area contributed by atoms with Gasteiger partial charge in [0.15, 0.2) is 0 Å². The number of benzene rings is 1. The highest BCUT2D eigenvalue weighted by molar-refractivity contribution is 9.10. The van der Waals surface area contributed by atoms with E-state index >= 15 is 0 Å². The topological polar surface area (TPSA) is 120 Å². The molecule has 0 fully saturated rings. The number of furan rings is 1. The molecule has 142 valence electrons. The number of aromatic nitrogens is 1. The van der Waals surface area contributed by atoms with Crippen LogP contribution in [0.25, 0.3) is 11.3 Å². The molecule has 0 unspecified atom stereocenters. The van der Waals surface area contributed by atoms with Crippen LogP contribution in [0.5, 0.6) is 5.75 Å². The number of hydrazone groups is 1. The van der Waals surface area contributed by atoms with Crippen molar-refractivity contribution in [3.8, 4) is 17.1 Å². The van der Waals surface area contributed by atoms with Crippen molar-refractivity contribution >= 4 is 33.7 Å². The number of nitro groups is 1. The lowest BCUT2D eigenvalue weighted by molar-refractivity contribution is -0.384. The maximum atomic E-state index is 12.0. The van der Waals surface area contributed by atoms with Crippen molar-refractivity contribution in [1.29, 1.82) is 0 Å². The molecule has 0 radical (unpaired) electrons. The Kier molecular flexibility index (Phi) is 5.80. The van der Waals surface area contributed by atoms with Crippen molar-refractivity contribution < 1.29 is 18.9 Å². The van der Waals surface area contributed by atoms with E-state index in [1.165, 1.54) is 31.7 Å². The molecule has 10 heteroatoms. The first-order valence-electron chi connectivity index (χ1n) is 7.84. The van der Waals surface area contributed by atoms with E-state index in [9.17, 15) is 14.9 Å². The van der Waals surface area contributed by atoms with E-state index < -0.39 is 10.8 Å². The van der Waals surface area contributed by atoms with Gasteiger partial charge in [-0.2, -0.15) is 5.10 Å². The van der Waals surface area contributed by atoms with Gasteiger partial charge in [0.05, 0.1) is 35.4 Å². The second-order valence-electron chi connectivity index (χ2n) is 5.43. The third-order valence-electron chi connectivity index (χ3n) is 3.61. The summed E-state index contributed by atoms with van der Waals surface area (Å²) in [5.41, 5.74) is 3.19. The molecule has 2 aromatic heterocycles. The van der Waals surface area contributed by atoms with Crippen molar-refractivity contribution in [2.45, 2.75) is 0 Å². The Morgan fingerprint density at radius 2 is 2.14 bits per heavy atom. The number of non-ortho nitro benzene ring substituents is 1. The molecule has 2 heterocycles. The maximum absolute atomic E-state index is 12.0. The summed E-state index contributed by atoms with van der Waals surface area (Å²) in [6.07, 6.45) is 4.32. The van der Waals surface area contributed by atoms with Crippen LogP contribution in [0.2, 0.25) is 0 Å². The largest absolute Gasteiger partial charge is 0.496 e. The fourth-order valence-electron chi connectivity index (χ4n) is 2.32. The monoisotopic (exact) mass is 444 g/mol. The van der Waals surface area contributed by atoms with E-state index in [0.717, 1.165) is 0 Å². The minimum atomic E-state index is -0.504. The van der Waals surface area contributed by atoms with Crippen LogP contribution in [0.15, 0.2) is 62.8 Å². The normalized spacial score (nSPS) is 10.8. The molecule has 0 aliphatic carbocycles. The average molecular weight is 445 g/mol. The third-order valence-corrected chi connectivity index (χ3v) is 4.05. The Morgan fingerprint density at radius 3 is 2.86 bits per heavy atom. The van der Waals surface area contributed by atoms with E-state index in [4.69, 9.17) is 9.15 Å². The van der Waals surface area contributed by atoms with Gasteiger partial charge in [-0.15, -0.1) is 0 Å². The number of amides is 1. The van der Waals surface area contributed by atoms with E-state index in [1.54, 1.807) is 30.5 Å².